The van der Waals surface area contributed by atoms with Crippen LogP contribution < -0.4 is 10.5 Å². The molecule has 1 heterocycles. The van der Waals surface area contributed by atoms with E-state index in [4.69, 9.17) is 10.5 Å². The van der Waals surface area contributed by atoms with Crippen molar-refractivity contribution in [1.29, 1.82) is 0 Å². The number of nitrogens with two attached hydrogens (primary N) is 1. The predicted octanol–water partition coefficient (Wildman–Crippen LogP) is 4.23. The molecular formula is C19H16F2N2O. The summed E-state index contributed by atoms with van der Waals surface area (Å²) in [6, 6.07) is 15.4. The molecule has 0 bridgehead atoms. The highest BCUT2D eigenvalue weighted by Crippen LogP contribution is 2.24. The molecule has 1 aromatic heterocycles. The second-order valence-corrected chi connectivity index (χ2v) is 5.32. The van der Waals surface area contributed by atoms with E-state index in [0.717, 1.165) is 22.2 Å². The average molecular weight is 326 g/mol. The third-order valence-electron chi connectivity index (χ3n) is 3.64. The van der Waals surface area contributed by atoms with Crippen molar-refractivity contribution >= 4 is 10.9 Å². The summed E-state index contributed by atoms with van der Waals surface area (Å²) in [5, 5.41) is 0.900. The molecule has 3 nitrogen and oxygen atoms in total. The van der Waals surface area contributed by atoms with E-state index in [0.29, 0.717) is 17.7 Å². The molecule has 0 aliphatic carbocycles. The van der Waals surface area contributed by atoms with Gasteiger partial charge in [-0.1, -0.05) is 6.07 Å². The Morgan fingerprint density at radius 1 is 1.08 bits per heavy atom. The van der Waals surface area contributed by atoms with Crippen molar-refractivity contribution < 1.29 is 13.5 Å². The lowest BCUT2D eigenvalue weighted by Gasteiger charge is -2.09. The molecular weight excluding hydrogens is 310 g/mol. The number of halogens is 2. The Morgan fingerprint density at radius 2 is 1.88 bits per heavy atom. The lowest BCUT2D eigenvalue weighted by Crippen LogP contribution is -2.10. The number of rotatable bonds is 5. The molecule has 0 aliphatic rings. The summed E-state index contributed by atoms with van der Waals surface area (Å²) in [4.78, 5) is 4.57. The maximum atomic E-state index is 13.0. The molecule has 0 saturated heterocycles. The molecule has 0 aliphatic heterocycles. The first-order valence-electron chi connectivity index (χ1n) is 7.47. The molecule has 2 aromatic carbocycles. The molecule has 0 spiro atoms. The Bertz CT molecular complexity index is 876. The molecule has 0 atom stereocenters. The monoisotopic (exact) mass is 326 g/mol. The molecule has 2 N–H and O–H groups in total. The highest BCUT2D eigenvalue weighted by atomic mass is 19.1. The van der Waals surface area contributed by atoms with Crippen molar-refractivity contribution in [3.05, 3.63) is 72.3 Å². The first kappa shape index (κ1) is 16.1. The summed E-state index contributed by atoms with van der Waals surface area (Å²) in [6.45, 7) is 0.228. The topological polar surface area (TPSA) is 48.1 Å². The van der Waals surface area contributed by atoms with E-state index in [-0.39, 0.29) is 19.0 Å². The Morgan fingerprint density at radius 3 is 2.58 bits per heavy atom. The third kappa shape index (κ3) is 3.58. The molecule has 24 heavy (non-hydrogen) atoms. The highest BCUT2D eigenvalue weighted by molar-refractivity contribution is 5.82. The van der Waals surface area contributed by atoms with E-state index < -0.39 is 0 Å². The lowest BCUT2D eigenvalue weighted by molar-refractivity contribution is 0.348. The predicted molar refractivity (Wildman–Crippen MR) is 90.9 cm³/mol. The smallest absolute Gasteiger partial charge is 0.123 e. The number of nitrogens with zero attached hydrogens (tertiary/aromatic N) is 1. The van der Waals surface area contributed by atoms with Gasteiger partial charge in [-0.3, -0.25) is 0 Å². The Kier molecular flexibility index (Phi) is 4.82. The van der Waals surface area contributed by atoms with Crippen LogP contribution in [0.4, 0.5) is 8.78 Å². The Balaban J connectivity index is 1.84. The summed E-state index contributed by atoms with van der Waals surface area (Å²) in [7, 11) is 0. The number of pyridine rings is 1. The van der Waals surface area contributed by atoms with Crippen molar-refractivity contribution in [2.45, 2.75) is 0 Å². The minimum atomic E-state index is -0.277. The van der Waals surface area contributed by atoms with Gasteiger partial charge in [0.15, 0.2) is 0 Å². The van der Waals surface area contributed by atoms with Gasteiger partial charge in [-0.25, -0.2) is 13.8 Å². The van der Waals surface area contributed by atoms with Gasteiger partial charge in [-0.2, -0.15) is 0 Å². The van der Waals surface area contributed by atoms with Crippen LogP contribution in [0.15, 0.2) is 66.5 Å². The quantitative estimate of drug-likeness (QED) is 0.763. The van der Waals surface area contributed by atoms with Crippen molar-refractivity contribution in [3.63, 3.8) is 0 Å². The van der Waals surface area contributed by atoms with Gasteiger partial charge >= 0.3 is 0 Å². The van der Waals surface area contributed by atoms with E-state index in [1.807, 2.05) is 24.3 Å². The molecule has 3 rings (SSSR count). The van der Waals surface area contributed by atoms with Crippen LogP contribution in [-0.2, 0) is 0 Å². The fraction of sp³-hybridized carbons (Fsp3) is 0.105. The van der Waals surface area contributed by atoms with Gasteiger partial charge in [0.1, 0.15) is 18.2 Å². The Hall–Kier alpha value is -2.79. The van der Waals surface area contributed by atoms with Gasteiger partial charge in [0.2, 0.25) is 0 Å². The summed E-state index contributed by atoms with van der Waals surface area (Å²) in [6.07, 6.45) is 0.470. The van der Waals surface area contributed by atoms with Crippen molar-refractivity contribution in [2.24, 2.45) is 5.73 Å². The summed E-state index contributed by atoms with van der Waals surface area (Å²) in [5.41, 5.74) is 8.19. The van der Waals surface area contributed by atoms with E-state index in [9.17, 15) is 8.78 Å². The van der Waals surface area contributed by atoms with Gasteiger partial charge in [0.25, 0.3) is 0 Å². The summed E-state index contributed by atoms with van der Waals surface area (Å²) in [5.74, 6) is 0.340. The second kappa shape index (κ2) is 7.19. The molecule has 0 fully saturated rings. The fourth-order valence-electron chi connectivity index (χ4n) is 2.29. The number of hydrogen-bond donors (Lipinski definition) is 1. The van der Waals surface area contributed by atoms with E-state index in [1.54, 1.807) is 18.2 Å². The molecule has 0 amide bonds. The van der Waals surface area contributed by atoms with Crippen LogP contribution in [0.1, 0.15) is 0 Å². The van der Waals surface area contributed by atoms with Crippen molar-refractivity contribution in [1.82, 2.24) is 4.98 Å². The van der Waals surface area contributed by atoms with Crippen LogP contribution >= 0.6 is 0 Å². The minimum Gasteiger partial charge on any atom is -0.489 e. The molecule has 0 radical (unpaired) electrons. The highest BCUT2D eigenvalue weighted by Gasteiger charge is 2.04. The first-order chi connectivity index (χ1) is 11.7. The molecule has 0 unspecified atom stereocenters. The van der Waals surface area contributed by atoms with Gasteiger partial charge in [-0.05, 0) is 48.5 Å². The Labute approximate surface area is 138 Å². The van der Waals surface area contributed by atoms with E-state index >= 15 is 0 Å². The zero-order chi connectivity index (χ0) is 16.9. The number of hydrogen-bond acceptors (Lipinski definition) is 3. The zero-order valence-electron chi connectivity index (χ0n) is 12.9. The summed E-state index contributed by atoms with van der Waals surface area (Å²) < 4.78 is 31.0. The zero-order valence-corrected chi connectivity index (χ0v) is 12.9. The van der Waals surface area contributed by atoms with Gasteiger partial charge in [0, 0.05) is 23.1 Å². The average Bonchev–Trinajstić information content (AvgIpc) is 2.62. The van der Waals surface area contributed by atoms with Crippen molar-refractivity contribution in [3.8, 4) is 17.0 Å². The summed E-state index contributed by atoms with van der Waals surface area (Å²) >= 11 is 0. The molecule has 5 heteroatoms. The van der Waals surface area contributed by atoms with Crippen LogP contribution in [0.5, 0.6) is 5.75 Å². The van der Waals surface area contributed by atoms with Gasteiger partial charge in [-0.15, -0.1) is 0 Å². The number of aromatic nitrogens is 1. The lowest BCUT2D eigenvalue weighted by atomic mass is 10.1. The molecule has 0 saturated carbocycles. The van der Waals surface area contributed by atoms with Crippen molar-refractivity contribution in [2.75, 3.05) is 13.2 Å². The van der Waals surface area contributed by atoms with Crippen LogP contribution in [0.3, 0.4) is 0 Å². The van der Waals surface area contributed by atoms with Crippen LogP contribution in [0.2, 0.25) is 0 Å². The number of ether oxygens (including phenoxy) is 1. The van der Waals surface area contributed by atoms with Crippen LogP contribution in [-0.4, -0.2) is 18.1 Å². The minimum absolute atomic E-state index is 0.111. The van der Waals surface area contributed by atoms with Gasteiger partial charge in [0.05, 0.1) is 17.5 Å². The van der Waals surface area contributed by atoms with Crippen LogP contribution in [0.25, 0.3) is 22.2 Å². The second-order valence-electron chi connectivity index (χ2n) is 5.32. The van der Waals surface area contributed by atoms with E-state index in [2.05, 4.69) is 4.98 Å². The number of fused-ring (bicyclic) bond motifs is 1. The largest absolute Gasteiger partial charge is 0.489 e. The molecule has 3 aromatic rings. The maximum absolute atomic E-state index is 13.0. The van der Waals surface area contributed by atoms with E-state index in [1.165, 1.54) is 12.1 Å². The normalized spacial score (nSPS) is 11.7. The van der Waals surface area contributed by atoms with Crippen LogP contribution in [0, 0.1) is 5.82 Å². The third-order valence-corrected chi connectivity index (χ3v) is 3.64. The standard InChI is InChI=1S/C19H16F2N2O/c20-10-13(11-22)12-24-17-6-8-19-15(9-17)3-7-18(23-19)14-1-4-16(21)5-2-14/h1-10H,11-12,22H2/b13-10-. The number of benzene rings is 2. The maximum Gasteiger partial charge on any atom is 0.123 e. The molecule has 122 valence electrons. The fourth-order valence-corrected chi connectivity index (χ4v) is 2.29. The van der Waals surface area contributed by atoms with Gasteiger partial charge < -0.3 is 10.5 Å². The SMILES string of the molecule is NC/C(=C/F)COc1ccc2nc(-c3ccc(F)cc3)ccc2c1. The first-order valence-corrected chi connectivity index (χ1v) is 7.47.